The minimum Gasteiger partial charge on any atom is -0.431 e. The Labute approximate surface area is 84.8 Å². The summed E-state index contributed by atoms with van der Waals surface area (Å²) in [6.07, 6.45) is -1.66. The van der Waals surface area contributed by atoms with Gasteiger partial charge < -0.3 is 4.74 Å². The lowest BCUT2D eigenvalue weighted by atomic mass is 10.1. The number of ether oxygens (including phenoxy) is 1. The molecule has 0 spiro atoms. The Morgan fingerprint density at radius 3 is 2.57 bits per heavy atom. The van der Waals surface area contributed by atoms with Crippen molar-refractivity contribution in [3.63, 3.8) is 0 Å². The highest BCUT2D eigenvalue weighted by atomic mass is 35.5. The van der Waals surface area contributed by atoms with Crippen molar-refractivity contribution < 1.29 is 14.3 Å². The predicted octanol–water partition coefficient (Wildman–Crippen LogP) is 1.65. The molecular weight excluding hydrogens is 206 g/mol. The molecule has 1 N–H and O–H groups in total. The second-order valence-corrected chi connectivity index (χ2v) is 3.20. The maximum atomic E-state index is 11.2. The molecule has 1 aliphatic heterocycles. The lowest BCUT2D eigenvalue weighted by Gasteiger charge is -2.07. The molecule has 72 valence electrons. The molecule has 2 rings (SSSR count). The van der Waals surface area contributed by atoms with Crippen molar-refractivity contribution in [3.05, 3.63) is 34.9 Å². The lowest BCUT2D eigenvalue weighted by molar-refractivity contribution is -0.123. The van der Waals surface area contributed by atoms with Crippen molar-refractivity contribution >= 4 is 23.6 Å². The Morgan fingerprint density at radius 1 is 1.29 bits per heavy atom. The van der Waals surface area contributed by atoms with Crippen LogP contribution < -0.4 is 5.32 Å². The van der Waals surface area contributed by atoms with Crippen LogP contribution in [0.5, 0.6) is 0 Å². The van der Waals surface area contributed by atoms with Crippen LogP contribution in [0, 0.1) is 0 Å². The van der Waals surface area contributed by atoms with E-state index in [-0.39, 0.29) is 0 Å². The molecule has 0 radical (unpaired) electrons. The number of amides is 2. The number of hydrogen-bond acceptors (Lipinski definition) is 3. The molecule has 1 atom stereocenters. The highest BCUT2D eigenvalue weighted by molar-refractivity contribution is 6.31. The first-order chi connectivity index (χ1) is 6.68. The lowest BCUT2D eigenvalue weighted by Crippen LogP contribution is -2.20. The highest BCUT2D eigenvalue weighted by Gasteiger charge is 2.34. The third-order valence-electron chi connectivity index (χ3n) is 1.88. The fourth-order valence-corrected chi connectivity index (χ4v) is 1.48. The van der Waals surface area contributed by atoms with Crippen molar-refractivity contribution in [2.24, 2.45) is 0 Å². The minimum atomic E-state index is -0.920. The van der Waals surface area contributed by atoms with Crippen LogP contribution in [0.15, 0.2) is 24.3 Å². The average molecular weight is 212 g/mol. The van der Waals surface area contributed by atoms with Gasteiger partial charge >= 0.3 is 6.09 Å². The number of halogens is 1. The van der Waals surface area contributed by atoms with E-state index in [9.17, 15) is 9.59 Å². The van der Waals surface area contributed by atoms with Crippen molar-refractivity contribution in [3.8, 4) is 0 Å². The van der Waals surface area contributed by atoms with Gasteiger partial charge in [0.15, 0.2) is 0 Å². The zero-order valence-corrected chi connectivity index (χ0v) is 7.75. The number of benzene rings is 1. The standard InChI is InChI=1S/C9H6ClNO3/c10-6-4-2-1-3-5(6)7-8(12)11-9(13)14-7/h1-4,7H,(H,11,12,13). The van der Waals surface area contributed by atoms with Crippen LogP contribution >= 0.6 is 11.6 Å². The first-order valence-electron chi connectivity index (χ1n) is 3.94. The SMILES string of the molecule is O=C1NC(=O)C(c2ccccc2Cl)O1. The number of alkyl carbamates (subject to hydrolysis) is 1. The number of hydrogen-bond donors (Lipinski definition) is 1. The summed E-state index contributed by atoms with van der Waals surface area (Å²) in [6, 6.07) is 6.74. The molecule has 1 fully saturated rings. The average Bonchev–Trinajstić information content (AvgIpc) is 2.46. The molecule has 1 heterocycles. The Balaban J connectivity index is 2.36. The van der Waals surface area contributed by atoms with E-state index in [1.807, 2.05) is 5.32 Å². The molecule has 1 aromatic carbocycles. The summed E-state index contributed by atoms with van der Waals surface area (Å²) in [6.45, 7) is 0. The number of rotatable bonds is 1. The number of carbonyl (C=O) groups excluding carboxylic acids is 2. The molecule has 0 bridgehead atoms. The molecule has 14 heavy (non-hydrogen) atoms. The van der Waals surface area contributed by atoms with Gasteiger partial charge in [-0.1, -0.05) is 29.8 Å². The molecule has 1 aromatic rings. The third-order valence-corrected chi connectivity index (χ3v) is 2.22. The molecule has 1 aliphatic rings. The summed E-state index contributed by atoms with van der Waals surface area (Å²) < 4.78 is 4.76. The monoisotopic (exact) mass is 211 g/mol. The maximum absolute atomic E-state index is 11.2. The van der Waals surface area contributed by atoms with Crippen LogP contribution in [0.3, 0.4) is 0 Å². The Morgan fingerprint density at radius 2 is 2.00 bits per heavy atom. The number of nitrogens with one attached hydrogen (secondary N) is 1. The molecule has 0 saturated carbocycles. The molecular formula is C9H6ClNO3. The molecule has 4 nitrogen and oxygen atoms in total. The van der Waals surface area contributed by atoms with E-state index >= 15 is 0 Å². The number of cyclic esters (lactones) is 1. The van der Waals surface area contributed by atoms with E-state index < -0.39 is 18.1 Å². The normalized spacial score (nSPS) is 20.5. The van der Waals surface area contributed by atoms with E-state index in [1.54, 1.807) is 24.3 Å². The van der Waals surface area contributed by atoms with Gasteiger partial charge in [-0.15, -0.1) is 0 Å². The predicted molar refractivity (Wildman–Crippen MR) is 48.8 cm³/mol. The molecule has 2 amide bonds. The second kappa shape index (κ2) is 3.31. The molecule has 5 heteroatoms. The zero-order chi connectivity index (χ0) is 10.1. The van der Waals surface area contributed by atoms with Gasteiger partial charge in [-0.3, -0.25) is 10.1 Å². The van der Waals surface area contributed by atoms with Gasteiger partial charge in [-0.25, -0.2) is 4.79 Å². The third kappa shape index (κ3) is 1.44. The van der Waals surface area contributed by atoms with Crippen LogP contribution in [0.2, 0.25) is 5.02 Å². The van der Waals surface area contributed by atoms with E-state index in [0.29, 0.717) is 10.6 Å². The molecule has 0 aliphatic carbocycles. The largest absolute Gasteiger partial charge is 0.431 e. The first kappa shape index (κ1) is 9.02. The highest BCUT2D eigenvalue weighted by Crippen LogP contribution is 2.27. The first-order valence-corrected chi connectivity index (χ1v) is 4.32. The van der Waals surface area contributed by atoms with Crippen molar-refractivity contribution in [2.75, 3.05) is 0 Å². The minimum absolute atomic E-state index is 0.405. The number of carbonyl (C=O) groups is 2. The van der Waals surface area contributed by atoms with Gasteiger partial charge in [0.25, 0.3) is 5.91 Å². The quantitative estimate of drug-likeness (QED) is 0.769. The fraction of sp³-hybridized carbons (Fsp3) is 0.111. The van der Waals surface area contributed by atoms with Crippen LogP contribution in [0.25, 0.3) is 0 Å². The summed E-state index contributed by atoms with van der Waals surface area (Å²) in [7, 11) is 0. The second-order valence-electron chi connectivity index (χ2n) is 2.80. The Kier molecular flexibility index (Phi) is 2.13. The smallest absolute Gasteiger partial charge is 0.415 e. The van der Waals surface area contributed by atoms with Gasteiger partial charge in [0.1, 0.15) is 0 Å². The van der Waals surface area contributed by atoms with E-state index in [4.69, 9.17) is 16.3 Å². The van der Waals surface area contributed by atoms with Gasteiger partial charge in [-0.2, -0.15) is 0 Å². The summed E-state index contributed by atoms with van der Waals surface area (Å²) >= 11 is 5.85. The van der Waals surface area contributed by atoms with Crippen molar-refractivity contribution in [1.82, 2.24) is 5.32 Å². The zero-order valence-electron chi connectivity index (χ0n) is 6.99. The Bertz CT molecular complexity index is 405. The summed E-state index contributed by atoms with van der Waals surface area (Å²) in [5, 5.41) is 2.44. The fourth-order valence-electron chi connectivity index (χ4n) is 1.25. The summed E-state index contributed by atoms with van der Waals surface area (Å²) in [5.74, 6) is -0.483. The summed E-state index contributed by atoms with van der Waals surface area (Å²) in [4.78, 5) is 22.0. The van der Waals surface area contributed by atoms with E-state index in [2.05, 4.69) is 0 Å². The van der Waals surface area contributed by atoms with E-state index in [1.165, 1.54) is 0 Å². The van der Waals surface area contributed by atoms with Gasteiger partial charge in [0, 0.05) is 10.6 Å². The summed E-state index contributed by atoms with van der Waals surface area (Å²) in [5.41, 5.74) is 0.498. The molecule has 0 aromatic heterocycles. The number of imide groups is 1. The van der Waals surface area contributed by atoms with Crippen LogP contribution in [0.4, 0.5) is 4.79 Å². The van der Waals surface area contributed by atoms with Gasteiger partial charge in [-0.05, 0) is 6.07 Å². The van der Waals surface area contributed by atoms with Gasteiger partial charge in [0.05, 0.1) is 0 Å². The molecule has 1 saturated heterocycles. The van der Waals surface area contributed by atoms with Gasteiger partial charge in [0.2, 0.25) is 6.10 Å². The molecule has 1 unspecified atom stereocenters. The Hall–Kier alpha value is -1.55. The van der Waals surface area contributed by atoms with Crippen molar-refractivity contribution in [2.45, 2.75) is 6.10 Å². The van der Waals surface area contributed by atoms with Crippen LogP contribution in [0.1, 0.15) is 11.7 Å². The topological polar surface area (TPSA) is 55.4 Å². The van der Waals surface area contributed by atoms with Crippen molar-refractivity contribution in [1.29, 1.82) is 0 Å². The van der Waals surface area contributed by atoms with E-state index in [0.717, 1.165) is 0 Å². The maximum Gasteiger partial charge on any atom is 0.415 e. The van der Waals surface area contributed by atoms with Crippen LogP contribution in [-0.4, -0.2) is 12.0 Å². The van der Waals surface area contributed by atoms with Crippen LogP contribution in [-0.2, 0) is 9.53 Å².